The molecular formula is C22H29ClN2O3S. The van der Waals surface area contributed by atoms with Gasteiger partial charge in [0.05, 0.1) is 18.0 Å². The van der Waals surface area contributed by atoms with Crippen molar-refractivity contribution in [3.05, 3.63) is 63.7 Å². The first-order valence-electron chi connectivity index (χ1n) is 9.58. The van der Waals surface area contributed by atoms with E-state index in [0.29, 0.717) is 17.1 Å². The summed E-state index contributed by atoms with van der Waals surface area (Å²) < 4.78 is 26.5. The fourth-order valence-corrected chi connectivity index (χ4v) is 4.90. The van der Waals surface area contributed by atoms with Gasteiger partial charge in [-0.25, -0.2) is 8.42 Å². The molecule has 5 nitrogen and oxygen atoms in total. The van der Waals surface area contributed by atoms with E-state index in [1.807, 2.05) is 39.0 Å². The number of hydrogen-bond donors (Lipinski definition) is 1. The van der Waals surface area contributed by atoms with Gasteiger partial charge in [0.1, 0.15) is 6.04 Å². The average Bonchev–Trinajstić information content (AvgIpc) is 2.62. The first kappa shape index (κ1) is 23.2. The Balaban J connectivity index is 2.41. The van der Waals surface area contributed by atoms with Crippen LogP contribution in [0.25, 0.3) is 0 Å². The minimum Gasteiger partial charge on any atom is -0.348 e. The average molecular weight is 437 g/mol. The largest absolute Gasteiger partial charge is 0.348 e. The number of halogens is 1. The smallest absolute Gasteiger partial charge is 0.244 e. The van der Waals surface area contributed by atoms with Gasteiger partial charge in [0.15, 0.2) is 0 Å². The van der Waals surface area contributed by atoms with E-state index < -0.39 is 16.1 Å². The predicted molar refractivity (Wildman–Crippen MR) is 120 cm³/mol. The summed E-state index contributed by atoms with van der Waals surface area (Å²) in [7, 11) is -3.72. The highest BCUT2D eigenvalue weighted by molar-refractivity contribution is 7.92. The molecule has 1 N–H and O–H groups in total. The zero-order chi connectivity index (χ0) is 21.9. The van der Waals surface area contributed by atoms with Crippen molar-refractivity contribution < 1.29 is 13.2 Å². The Morgan fingerprint density at radius 1 is 1.10 bits per heavy atom. The maximum absolute atomic E-state index is 13.2. The number of sulfonamides is 1. The Hall–Kier alpha value is -2.05. The van der Waals surface area contributed by atoms with Crippen molar-refractivity contribution in [3.8, 4) is 0 Å². The van der Waals surface area contributed by atoms with Crippen LogP contribution in [-0.2, 0) is 14.8 Å². The van der Waals surface area contributed by atoms with Crippen LogP contribution >= 0.6 is 11.6 Å². The van der Waals surface area contributed by atoms with Gasteiger partial charge < -0.3 is 5.32 Å². The molecule has 0 saturated heterocycles. The molecule has 0 aliphatic heterocycles. The van der Waals surface area contributed by atoms with Crippen LogP contribution in [0.3, 0.4) is 0 Å². The van der Waals surface area contributed by atoms with Gasteiger partial charge >= 0.3 is 0 Å². The van der Waals surface area contributed by atoms with Crippen molar-refractivity contribution in [1.29, 1.82) is 0 Å². The van der Waals surface area contributed by atoms with Crippen LogP contribution in [0.15, 0.2) is 36.4 Å². The molecule has 0 bridgehead atoms. The SMILES string of the molecule is CC[C@@H](C(=O)N[C@@H](C)c1cc(C)ccc1C)N(c1cc(Cl)ccc1C)S(C)(=O)=O. The molecule has 0 aromatic heterocycles. The van der Waals surface area contributed by atoms with Crippen LogP contribution in [0.1, 0.15) is 48.6 Å². The quantitative estimate of drug-likeness (QED) is 0.684. The number of rotatable bonds is 7. The molecule has 0 unspecified atom stereocenters. The Bertz CT molecular complexity index is 1010. The van der Waals surface area contributed by atoms with Gasteiger partial charge in [0.2, 0.25) is 15.9 Å². The van der Waals surface area contributed by atoms with Crippen LogP contribution in [0.4, 0.5) is 5.69 Å². The Morgan fingerprint density at radius 3 is 2.31 bits per heavy atom. The van der Waals surface area contributed by atoms with Gasteiger partial charge in [-0.1, -0.05) is 48.4 Å². The molecule has 2 atom stereocenters. The normalized spacial score (nSPS) is 13.6. The zero-order valence-corrected chi connectivity index (χ0v) is 19.4. The summed E-state index contributed by atoms with van der Waals surface area (Å²) in [6.07, 6.45) is 1.43. The molecule has 2 aromatic carbocycles. The van der Waals surface area contributed by atoms with E-state index in [-0.39, 0.29) is 11.9 Å². The van der Waals surface area contributed by atoms with E-state index >= 15 is 0 Å². The highest BCUT2D eigenvalue weighted by Crippen LogP contribution is 2.29. The van der Waals surface area contributed by atoms with Crippen LogP contribution in [0, 0.1) is 20.8 Å². The maximum Gasteiger partial charge on any atom is 0.244 e. The number of carbonyl (C=O) groups is 1. The molecule has 2 aromatic rings. The third kappa shape index (κ3) is 5.52. The van der Waals surface area contributed by atoms with Crippen LogP contribution in [-0.4, -0.2) is 26.6 Å². The van der Waals surface area contributed by atoms with Crippen LogP contribution in [0.2, 0.25) is 5.02 Å². The van der Waals surface area contributed by atoms with Gasteiger partial charge in [-0.05, 0) is 62.9 Å². The number of carbonyl (C=O) groups excluding carboxylic acids is 1. The summed E-state index contributed by atoms with van der Waals surface area (Å²) >= 11 is 6.11. The lowest BCUT2D eigenvalue weighted by atomic mass is 9.99. The minimum atomic E-state index is -3.72. The van der Waals surface area contributed by atoms with Crippen molar-refractivity contribution in [2.45, 2.75) is 53.1 Å². The molecule has 158 valence electrons. The number of amides is 1. The Morgan fingerprint density at radius 2 is 1.72 bits per heavy atom. The Labute approximate surface area is 179 Å². The monoisotopic (exact) mass is 436 g/mol. The van der Waals surface area contributed by atoms with Gasteiger partial charge in [-0.3, -0.25) is 9.10 Å². The fourth-order valence-electron chi connectivity index (χ4n) is 3.47. The predicted octanol–water partition coefficient (Wildman–Crippen LogP) is 4.69. The second kappa shape index (κ2) is 9.18. The molecule has 0 radical (unpaired) electrons. The third-order valence-corrected chi connectivity index (χ3v) is 6.40. The van der Waals surface area contributed by atoms with Crippen molar-refractivity contribution in [3.63, 3.8) is 0 Å². The lowest BCUT2D eigenvalue weighted by Crippen LogP contribution is -2.50. The molecule has 0 heterocycles. The van der Waals surface area contributed by atoms with Crippen LogP contribution < -0.4 is 9.62 Å². The zero-order valence-electron chi connectivity index (χ0n) is 17.8. The summed E-state index contributed by atoms with van der Waals surface area (Å²) in [5.74, 6) is -0.342. The van der Waals surface area contributed by atoms with E-state index in [1.165, 1.54) is 4.31 Å². The minimum absolute atomic E-state index is 0.252. The molecule has 0 aliphatic carbocycles. The van der Waals surface area contributed by atoms with E-state index in [1.54, 1.807) is 32.0 Å². The van der Waals surface area contributed by atoms with Gasteiger partial charge in [0, 0.05) is 5.02 Å². The standard InChI is InChI=1S/C22H29ClN2O3S/c1-7-20(22(26)24-17(5)19-12-14(2)8-9-15(19)3)25(29(6,27)28)21-13-18(23)11-10-16(21)4/h8-13,17,20H,7H2,1-6H3,(H,24,26)/t17-,20-/m0/s1. The van der Waals surface area contributed by atoms with E-state index in [9.17, 15) is 13.2 Å². The summed E-state index contributed by atoms with van der Waals surface area (Å²) in [4.78, 5) is 13.2. The molecule has 0 saturated carbocycles. The number of benzene rings is 2. The fraction of sp³-hybridized carbons (Fsp3) is 0.409. The second-order valence-electron chi connectivity index (χ2n) is 7.50. The van der Waals surface area contributed by atoms with Crippen molar-refractivity contribution in [2.24, 2.45) is 0 Å². The molecular weight excluding hydrogens is 408 g/mol. The van der Waals surface area contributed by atoms with Crippen LogP contribution in [0.5, 0.6) is 0 Å². The number of hydrogen-bond acceptors (Lipinski definition) is 3. The number of anilines is 1. The van der Waals surface area contributed by atoms with Gasteiger partial charge in [-0.2, -0.15) is 0 Å². The molecule has 0 spiro atoms. The summed E-state index contributed by atoms with van der Waals surface area (Å²) in [5, 5.41) is 3.41. The summed E-state index contributed by atoms with van der Waals surface area (Å²) in [5.41, 5.74) is 4.33. The van der Waals surface area contributed by atoms with E-state index in [2.05, 4.69) is 5.32 Å². The first-order chi connectivity index (χ1) is 13.5. The molecule has 0 aliphatic rings. The van der Waals surface area contributed by atoms with Crippen molar-refractivity contribution >= 4 is 33.2 Å². The summed E-state index contributed by atoms with van der Waals surface area (Å²) in [6.45, 7) is 9.49. The highest BCUT2D eigenvalue weighted by Gasteiger charge is 2.33. The molecule has 0 fully saturated rings. The lowest BCUT2D eigenvalue weighted by Gasteiger charge is -2.32. The van der Waals surface area contributed by atoms with Crippen molar-refractivity contribution in [2.75, 3.05) is 10.6 Å². The maximum atomic E-state index is 13.2. The van der Waals surface area contributed by atoms with E-state index in [0.717, 1.165) is 28.5 Å². The van der Waals surface area contributed by atoms with Gasteiger partial charge in [0.25, 0.3) is 0 Å². The first-order valence-corrected chi connectivity index (χ1v) is 11.8. The number of aryl methyl sites for hydroxylation is 3. The van der Waals surface area contributed by atoms with Crippen molar-refractivity contribution in [1.82, 2.24) is 5.32 Å². The molecule has 29 heavy (non-hydrogen) atoms. The summed E-state index contributed by atoms with van der Waals surface area (Å²) in [6, 6.07) is 9.98. The number of nitrogens with one attached hydrogen (secondary N) is 1. The lowest BCUT2D eigenvalue weighted by molar-refractivity contribution is -0.122. The molecule has 1 amide bonds. The Kier molecular flexibility index (Phi) is 7.35. The topological polar surface area (TPSA) is 66.5 Å². The molecule has 2 rings (SSSR count). The number of nitrogens with zero attached hydrogens (tertiary/aromatic N) is 1. The van der Waals surface area contributed by atoms with Gasteiger partial charge in [-0.15, -0.1) is 0 Å². The highest BCUT2D eigenvalue weighted by atomic mass is 35.5. The molecule has 7 heteroatoms. The van der Waals surface area contributed by atoms with E-state index in [4.69, 9.17) is 11.6 Å². The third-order valence-electron chi connectivity index (χ3n) is 5.00. The second-order valence-corrected chi connectivity index (χ2v) is 9.80.